The van der Waals surface area contributed by atoms with Crippen LogP contribution in [-0.4, -0.2) is 24.4 Å². The van der Waals surface area contributed by atoms with Crippen molar-refractivity contribution in [1.82, 2.24) is 0 Å². The number of hydrogen-bond acceptors (Lipinski definition) is 3. The minimum Gasteiger partial charge on any atom is -0.302 e. The summed E-state index contributed by atoms with van der Waals surface area (Å²) < 4.78 is 0. The third-order valence-electron chi connectivity index (χ3n) is 3.55. The monoisotopic (exact) mass is 357 g/mol. The molecule has 1 aliphatic rings. The van der Waals surface area contributed by atoms with Gasteiger partial charge in [-0.1, -0.05) is 53.5 Å². The summed E-state index contributed by atoms with van der Waals surface area (Å²) in [5.74, 6) is -0.210. The molecular weight excluding hydrogens is 345 g/mol. The van der Waals surface area contributed by atoms with E-state index in [-0.39, 0.29) is 11.6 Å². The highest BCUT2D eigenvalue weighted by atomic mass is 35.5. The van der Waals surface area contributed by atoms with Gasteiger partial charge >= 0.3 is 0 Å². The highest BCUT2D eigenvalue weighted by molar-refractivity contribution is 6.54. The normalized spacial score (nSPS) is 15.3. The van der Waals surface area contributed by atoms with Gasteiger partial charge in [0.25, 0.3) is 5.91 Å². The van der Waals surface area contributed by atoms with Crippen molar-refractivity contribution in [2.75, 3.05) is 11.4 Å². The van der Waals surface area contributed by atoms with Gasteiger partial charge in [0.2, 0.25) is 0 Å². The number of amides is 1. The third-order valence-corrected chi connectivity index (χ3v) is 4.21. The zero-order valence-electron chi connectivity index (χ0n) is 12.6. The minimum absolute atomic E-state index is 0.210. The molecule has 120 valence electrons. The van der Waals surface area contributed by atoms with Crippen molar-refractivity contribution in [3.63, 3.8) is 0 Å². The van der Waals surface area contributed by atoms with Crippen LogP contribution >= 0.6 is 23.2 Å². The number of fused-ring (bicyclic) bond motifs is 1. The molecule has 1 amide bonds. The van der Waals surface area contributed by atoms with Crippen LogP contribution in [0.25, 0.3) is 0 Å². The Labute approximate surface area is 149 Å². The summed E-state index contributed by atoms with van der Waals surface area (Å²) in [6, 6.07) is 12.6. The van der Waals surface area contributed by atoms with E-state index < -0.39 is 0 Å². The number of nitrogens with zero attached hydrogens (tertiary/aromatic N) is 3. The largest absolute Gasteiger partial charge is 0.302 e. The number of carbonyl (C=O) groups excluding carboxylic acids is 1. The molecule has 2 aromatic carbocycles. The van der Waals surface area contributed by atoms with Crippen LogP contribution < -0.4 is 4.90 Å². The molecule has 0 aromatic heterocycles. The number of halogens is 2. The van der Waals surface area contributed by atoms with Crippen LogP contribution in [-0.2, 0) is 4.79 Å². The molecule has 0 N–H and O–H groups in total. The maximum Gasteiger partial charge on any atom is 0.279 e. The third kappa shape index (κ3) is 2.98. The Morgan fingerprint density at radius 3 is 2.50 bits per heavy atom. The summed E-state index contributed by atoms with van der Waals surface area (Å²) in [7, 11) is 0. The maximum absolute atomic E-state index is 12.5. The quantitative estimate of drug-likeness (QED) is 0.455. The molecule has 0 spiro atoms. The highest BCUT2D eigenvalue weighted by Gasteiger charge is 2.32. The average Bonchev–Trinajstić information content (AvgIpc) is 2.83. The van der Waals surface area contributed by atoms with Gasteiger partial charge in [-0.3, -0.25) is 4.79 Å². The van der Waals surface area contributed by atoms with Gasteiger partial charge in [0.1, 0.15) is 0 Å². The summed E-state index contributed by atoms with van der Waals surface area (Å²) >= 11 is 12.2. The van der Waals surface area contributed by atoms with Crippen LogP contribution in [0.2, 0.25) is 10.0 Å². The van der Waals surface area contributed by atoms with E-state index >= 15 is 0 Å². The molecule has 2 aromatic rings. The fourth-order valence-electron chi connectivity index (χ4n) is 2.45. The van der Waals surface area contributed by atoms with E-state index in [9.17, 15) is 4.79 Å². The van der Waals surface area contributed by atoms with Crippen molar-refractivity contribution in [2.45, 2.75) is 0 Å². The molecule has 6 heteroatoms. The lowest BCUT2D eigenvalue weighted by Crippen LogP contribution is -2.30. The van der Waals surface area contributed by atoms with E-state index in [2.05, 4.69) is 16.8 Å². The number of benzene rings is 2. The van der Waals surface area contributed by atoms with E-state index in [1.165, 1.54) is 6.21 Å². The predicted molar refractivity (Wildman–Crippen MR) is 99.6 cm³/mol. The number of para-hydroxylation sites is 1. The van der Waals surface area contributed by atoms with Gasteiger partial charge in [-0.2, -0.15) is 5.10 Å². The van der Waals surface area contributed by atoms with Gasteiger partial charge in [-0.15, -0.1) is 11.7 Å². The lowest BCUT2D eigenvalue weighted by atomic mass is 10.1. The van der Waals surface area contributed by atoms with E-state index in [0.29, 0.717) is 22.2 Å². The lowest BCUT2D eigenvalue weighted by molar-refractivity contribution is -0.112. The van der Waals surface area contributed by atoms with E-state index in [1.807, 2.05) is 24.3 Å². The highest BCUT2D eigenvalue weighted by Crippen LogP contribution is 2.29. The zero-order valence-corrected chi connectivity index (χ0v) is 14.1. The SMILES string of the molecule is C=CCN1C(=O)/C(=N\N=C/c2c(Cl)cccc2Cl)c2ccccc21. The summed E-state index contributed by atoms with van der Waals surface area (Å²) in [5, 5.41) is 9.05. The van der Waals surface area contributed by atoms with Crippen molar-refractivity contribution in [3.8, 4) is 0 Å². The molecule has 0 saturated heterocycles. The topological polar surface area (TPSA) is 45.0 Å². The van der Waals surface area contributed by atoms with Crippen LogP contribution in [0.4, 0.5) is 5.69 Å². The molecule has 0 radical (unpaired) electrons. The number of rotatable bonds is 4. The molecular formula is C18H13Cl2N3O. The molecule has 0 bridgehead atoms. The second kappa shape index (κ2) is 6.99. The smallest absolute Gasteiger partial charge is 0.279 e. The number of carbonyl (C=O) groups is 1. The first-order chi connectivity index (χ1) is 11.6. The Morgan fingerprint density at radius 2 is 1.79 bits per heavy atom. The molecule has 0 aliphatic carbocycles. The molecule has 1 heterocycles. The Bertz CT molecular complexity index is 854. The van der Waals surface area contributed by atoms with Crippen LogP contribution in [0.1, 0.15) is 11.1 Å². The Hall–Kier alpha value is -2.43. The van der Waals surface area contributed by atoms with Gasteiger partial charge in [0.05, 0.1) is 21.9 Å². The summed E-state index contributed by atoms with van der Waals surface area (Å²) in [6.07, 6.45) is 3.12. The fourth-order valence-corrected chi connectivity index (χ4v) is 2.94. The molecule has 0 atom stereocenters. The molecule has 0 fully saturated rings. The lowest BCUT2D eigenvalue weighted by Gasteiger charge is -2.13. The Kier molecular flexibility index (Phi) is 4.79. The average molecular weight is 358 g/mol. The van der Waals surface area contributed by atoms with Crippen molar-refractivity contribution in [2.24, 2.45) is 10.2 Å². The first-order valence-electron chi connectivity index (χ1n) is 7.20. The van der Waals surface area contributed by atoms with Crippen molar-refractivity contribution >= 4 is 46.7 Å². The van der Waals surface area contributed by atoms with Crippen molar-refractivity contribution < 1.29 is 4.79 Å². The first-order valence-corrected chi connectivity index (χ1v) is 7.96. The standard InChI is InChI=1S/C18H13Cl2N3O/c1-2-10-23-16-9-4-3-6-12(16)17(18(23)24)22-21-11-13-14(19)7-5-8-15(13)20/h2-9,11H,1,10H2/b21-11-,22-17-. The summed E-state index contributed by atoms with van der Waals surface area (Å²) in [5.41, 5.74) is 2.39. The van der Waals surface area contributed by atoms with Crippen LogP contribution in [0.3, 0.4) is 0 Å². The number of anilines is 1. The van der Waals surface area contributed by atoms with E-state index in [1.54, 1.807) is 29.2 Å². The molecule has 4 nitrogen and oxygen atoms in total. The van der Waals surface area contributed by atoms with Gasteiger partial charge < -0.3 is 4.90 Å². The fraction of sp³-hybridized carbons (Fsp3) is 0.0556. The second-order valence-corrected chi connectivity index (χ2v) is 5.86. The summed E-state index contributed by atoms with van der Waals surface area (Å²) in [6.45, 7) is 4.10. The Morgan fingerprint density at radius 1 is 1.08 bits per heavy atom. The van der Waals surface area contributed by atoms with Crippen LogP contribution in [0.5, 0.6) is 0 Å². The van der Waals surface area contributed by atoms with Gasteiger partial charge in [-0.25, -0.2) is 0 Å². The first kappa shape index (κ1) is 16.4. The number of hydrogen-bond donors (Lipinski definition) is 0. The molecule has 0 saturated carbocycles. The maximum atomic E-state index is 12.5. The van der Waals surface area contributed by atoms with Crippen molar-refractivity contribution in [1.29, 1.82) is 0 Å². The van der Waals surface area contributed by atoms with Crippen LogP contribution in [0, 0.1) is 0 Å². The van der Waals surface area contributed by atoms with Gasteiger partial charge in [0, 0.05) is 17.7 Å². The van der Waals surface area contributed by atoms with Gasteiger partial charge in [-0.05, 0) is 18.2 Å². The van der Waals surface area contributed by atoms with Crippen LogP contribution in [0.15, 0.2) is 65.3 Å². The van der Waals surface area contributed by atoms with Gasteiger partial charge in [0.15, 0.2) is 5.71 Å². The summed E-state index contributed by atoms with van der Waals surface area (Å²) in [4.78, 5) is 14.2. The predicted octanol–water partition coefficient (Wildman–Crippen LogP) is 4.35. The van der Waals surface area contributed by atoms with E-state index in [0.717, 1.165) is 11.3 Å². The Balaban J connectivity index is 1.97. The zero-order chi connectivity index (χ0) is 17.1. The minimum atomic E-state index is -0.210. The van der Waals surface area contributed by atoms with Crippen molar-refractivity contribution in [3.05, 3.63) is 76.3 Å². The molecule has 3 rings (SSSR count). The van der Waals surface area contributed by atoms with E-state index in [4.69, 9.17) is 23.2 Å². The molecule has 1 aliphatic heterocycles. The molecule has 24 heavy (non-hydrogen) atoms. The molecule has 0 unspecified atom stereocenters. The second-order valence-electron chi connectivity index (χ2n) is 5.05.